The summed E-state index contributed by atoms with van der Waals surface area (Å²) in [7, 11) is 0. The third-order valence-electron chi connectivity index (χ3n) is 4.51. The summed E-state index contributed by atoms with van der Waals surface area (Å²) in [5, 5.41) is 9.28. The van der Waals surface area contributed by atoms with Crippen molar-refractivity contribution < 1.29 is 0 Å². The number of aromatic nitrogens is 2. The highest BCUT2D eigenvalue weighted by Gasteiger charge is 2.22. The third kappa shape index (κ3) is 2.39. The maximum Gasteiger partial charge on any atom is 0.135 e. The summed E-state index contributed by atoms with van der Waals surface area (Å²) in [6.07, 6.45) is 9.00. The van der Waals surface area contributed by atoms with Crippen LogP contribution in [0.3, 0.4) is 0 Å². The minimum absolute atomic E-state index is 0.580. The predicted octanol–water partition coefficient (Wildman–Crippen LogP) is 3.86. The van der Waals surface area contributed by atoms with Crippen molar-refractivity contribution in [3.05, 3.63) is 58.7 Å². The lowest BCUT2D eigenvalue weighted by molar-refractivity contribution is 0.716. The molecule has 4 nitrogen and oxygen atoms in total. The lowest BCUT2D eigenvalue weighted by Crippen LogP contribution is -2.10. The van der Waals surface area contributed by atoms with E-state index in [9.17, 15) is 5.26 Å². The van der Waals surface area contributed by atoms with Gasteiger partial charge in [-0.3, -0.25) is 4.99 Å². The fourth-order valence-corrected chi connectivity index (χ4v) is 3.44. The maximum absolute atomic E-state index is 9.28. The molecule has 0 N–H and O–H groups in total. The van der Waals surface area contributed by atoms with E-state index >= 15 is 0 Å². The van der Waals surface area contributed by atoms with Gasteiger partial charge in [-0.2, -0.15) is 5.26 Å². The molecule has 23 heavy (non-hydrogen) atoms. The molecule has 0 bridgehead atoms. The summed E-state index contributed by atoms with van der Waals surface area (Å²) in [6, 6.07) is 8.10. The highest BCUT2D eigenvalue weighted by atomic mass is 15.1. The largest absolute Gasteiger partial charge is 0.301 e. The van der Waals surface area contributed by atoms with Crippen molar-refractivity contribution in [1.82, 2.24) is 9.55 Å². The van der Waals surface area contributed by atoms with Crippen LogP contribution in [0.5, 0.6) is 0 Å². The number of hydrogen-bond donors (Lipinski definition) is 0. The number of nitriles is 1. The number of aryl methyl sites for hydroxylation is 1. The molecule has 2 aliphatic rings. The van der Waals surface area contributed by atoms with E-state index in [1.165, 1.54) is 18.4 Å². The van der Waals surface area contributed by atoms with Gasteiger partial charge in [0.2, 0.25) is 0 Å². The first-order valence-corrected chi connectivity index (χ1v) is 8.10. The standard InChI is InChI=1S/C19H18N4/c1-13-12-23-17-8-7-14(10-20)9-16(17)19(21-11-18(23)22-13)15-5-3-2-4-6-15/h5,7-9,12H,2-4,6,11H2,1H3. The van der Waals surface area contributed by atoms with Gasteiger partial charge in [-0.15, -0.1) is 0 Å². The van der Waals surface area contributed by atoms with Crippen LogP contribution in [-0.2, 0) is 6.54 Å². The summed E-state index contributed by atoms with van der Waals surface area (Å²) in [6.45, 7) is 2.58. The molecule has 0 saturated heterocycles. The van der Waals surface area contributed by atoms with Crippen LogP contribution in [0.4, 0.5) is 0 Å². The predicted molar refractivity (Wildman–Crippen MR) is 89.8 cm³/mol. The number of nitrogens with zero attached hydrogens (tertiary/aromatic N) is 4. The second-order valence-electron chi connectivity index (χ2n) is 6.15. The smallest absolute Gasteiger partial charge is 0.135 e. The minimum atomic E-state index is 0.580. The van der Waals surface area contributed by atoms with Crippen LogP contribution in [0, 0.1) is 18.3 Å². The molecular weight excluding hydrogens is 284 g/mol. The minimum Gasteiger partial charge on any atom is -0.301 e. The van der Waals surface area contributed by atoms with Crippen molar-refractivity contribution in [3.63, 3.8) is 0 Å². The van der Waals surface area contributed by atoms with E-state index in [0.29, 0.717) is 12.1 Å². The van der Waals surface area contributed by atoms with Gasteiger partial charge in [-0.05, 0) is 56.4 Å². The Balaban J connectivity index is 1.94. The fraction of sp³-hybridized carbons (Fsp3) is 0.316. The number of aliphatic imine (C=N–C) groups is 1. The zero-order chi connectivity index (χ0) is 15.8. The Hall–Kier alpha value is -2.67. The third-order valence-corrected chi connectivity index (χ3v) is 4.51. The van der Waals surface area contributed by atoms with Crippen LogP contribution in [0.1, 0.15) is 48.3 Å². The molecule has 0 amide bonds. The Morgan fingerprint density at radius 1 is 1.26 bits per heavy atom. The normalized spacial score (nSPS) is 16.5. The number of allylic oxidation sites excluding steroid dienone is 2. The van der Waals surface area contributed by atoms with Gasteiger partial charge in [-0.1, -0.05) is 6.08 Å². The molecule has 2 aromatic rings. The van der Waals surface area contributed by atoms with Crippen molar-refractivity contribution in [3.8, 4) is 11.8 Å². The molecule has 1 aromatic heterocycles. The molecule has 0 atom stereocenters. The number of hydrogen-bond acceptors (Lipinski definition) is 3. The first kappa shape index (κ1) is 14.0. The van der Waals surface area contributed by atoms with E-state index in [4.69, 9.17) is 4.99 Å². The van der Waals surface area contributed by atoms with Gasteiger partial charge in [-0.25, -0.2) is 4.98 Å². The molecule has 4 rings (SSSR count). The van der Waals surface area contributed by atoms with Crippen molar-refractivity contribution in [2.75, 3.05) is 0 Å². The quantitative estimate of drug-likeness (QED) is 0.803. The van der Waals surface area contributed by atoms with Crippen LogP contribution in [0.25, 0.3) is 5.69 Å². The highest BCUT2D eigenvalue weighted by molar-refractivity contribution is 6.15. The van der Waals surface area contributed by atoms with Crippen LogP contribution < -0.4 is 0 Å². The van der Waals surface area contributed by atoms with Gasteiger partial charge in [0, 0.05) is 11.8 Å². The van der Waals surface area contributed by atoms with Gasteiger partial charge < -0.3 is 4.57 Å². The second-order valence-corrected chi connectivity index (χ2v) is 6.15. The molecule has 0 unspecified atom stereocenters. The van der Waals surface area contributed by atoms with Crippen molar-refractivity contribution in [2.45, 2.75) is 39.2 Å². The monoisotopic (exact) mass is 302 g/mol. The van der Waals surface area contributed by atoms with Crippen LogP contribution in [-0.4, -0.2) is 15.3 Å². The topological polar surface area (TPSA) is 54.0 Å². The van der Waals surface area contributed by atoms with Crippen LogP contribution >= 0.6 is 0 Å². The number of fused-ring (bicyclic) bond motifs is 3. The highest BCUT2D eigenvalue weighted by Crippen LogP contribution is 2.29. The van der Waals surface area contributed by atoms with Crippen molar-refractivity contribution in [2.24, 2.45) is 4.99 Å². The summed E-state index contributed by atoms with van der Waals surface area (Å²) >= 11 is 0. The van der Waals surface area contributed by atoms with Gasteiger partial charge in [0.05, 0.1) is 35.3 Å². The van der Waals surface area contributed by atoms with E-state index in [-0.39, 0.29) is 0 Å². The molecule has 114 valence electrons. The average molecular weight is 302 g/mol. The summed E-state index contributed by atoms with van der Waals surface area (Å²) in [5.41, 5.74) is 6.14. The van der Waals surface area contributed by atoms with Crippen molar-refractivity contribution >= 4 is 5.71 Å². The lowest BCUT2D eigenvalue weighted by Gasteiger charge is -2.17. The molecule has 4 heteroatoms. The SMILES string of the molecule is Cc1cn2c(n1)CN=C(C1=CCCCC1)c1cc(C#N)ccc1-2. The maximum atomic E-state index is 9.28. The Labute approximate surface area is 135 Å². The zero-order valence-electron chi connectivity index (χ0n) is 13.2. The average Bonchev–Trinajstić information content (AvgIpc) is 2.89. The molecule has 1 aromatic carbocycles. The molecule has 2 heterocycles. The van der Waals surface area contributed by atoms with Gasteiger partial charge >= 0.3 is 0 Å². The summed E-state index contributed by atoms with van der Waals surface area (Å²) < 4.78 is 2.12. The number of rotatable bonds is 1. The Morgan fingerprint density at radius 3 is 2.96 bits per heavy atom. The first-order chi connectivity index (χ1) is 11.3. The van der Waals surface area contributed by atoms with E-state index in [1.54, 1.807) is 0 Å². The Morgan fingerprint density at radius 2 is 2.17 bits per heavy atom. The Bertz CT molecular complexity index is 877. The first-order valence-electron chi connectivity index (χ1n) is 8.10. The van der Waals surface area contributed by atoms with Crippen molar-refractivity contribution in [1.29, 1.82) is 5.26 Å². The summed E-state index contributed by atoms with van der Waals surface area (Å²) in [5.74, 6) is 0.958. The molecule has 1 aliphatic heterocycles. The van der Waals surface area contributed by atoms with Crippen LogP contribution in [0.15, 0.2) is 41.0 Å². The molecule has 0 radical (unpaired) electrons. The molecule has 0 fully saturated rings. The van der Waals surface area contributed by atoms with Gasteiger partial charge in [0.1, 0.15) is 5.82 Å². The van der Waals surface area contributed by atoms with E-state index in [2.05, 4.69) is 21.7 Å². The van der Waals surface area contributed by atoms with E-state index < -0.39 is 0 Å². The lowest BCUT2D eigenvalue weighted by atomic mass is 9.91. The van der Waals surface area contributed by atoms with Gasteiger partial charge in [0.15, 0.2) is 0 Å². The summed E-state index contributed by atoms with van der Waals surface area (Å²) in [4.78, 5) is 9.48. The number of imidazole rings is 1. The molecule has 0 saturated carbocycles. The van der Waals surface area contributed by atoms with E-state index in [0.717, 1.165) is 41.3 Å². The van der Waals surface area contributed by atoms with E-state index in [1.807, 2.05) is 31.3 Å². The molecule has 0 spiro atoms. The number of benzene rings is 1. The van der Waals surface area contributed by atoms with Gasteiger partial charge in [0.25, 0.3) is 0 Å². The molecule has 1 aliphatic carbocycles. The fourth-order valence-electron chi connectivity index (χ4n) is 3.44. The zero-order valence-corrected chi connectivity index (χ0v) is 13.2. The second kappa shape index (κ2) is 5.51. The molecular formula is C19H18N4. The Kier molecular flexibility index (Phi) is 3.34. The van der Waals surface area contributed by atoms with Crippen LogP contribution in [0.2, 0.25) is 0 Å².